The first-order chi connectivity index (χ1) is 5.83. The van der Waals surface area contributed by atoms with Gasteiger partial charge in [0.15, 0.2) is 0 Å². The number of ether oxygens (including phenoxy) is 1. The molecule has 0 N–H and O–H groups in total. The van der Waals surface area contributed by atoms with Crippen molar-refractivity contribution in [3.63, 3.8) is 0 Å². The number of rotatable bonds is 4. The zero-order chi connectivity index (χ0) is 8.81. The van der Waals surface area contributed by atoms with Gasteiger partial charge in [-0.05, 0) is 0 Å². The number of nitrogens with zero attached hydrogens (tertiary/aromatic N) is 2. The lowest BCUT2D eigenvalue weighted by molar-refractivity contribution is -0.137. The minimum absolute atomic E-state index is 0.348. The van der Waals surface area contributed by atoms with Crippen LogP contribution in [0.25, 0.3) is 0 Å². The molecular formula is C8H10N2O2. The van der Waals surface area contributed by atoms with E-state index in [2.05, 4.69) is 11.6 Å². The van der Waals surface area contributed by atoms with Crippen molar-refractivity contribution in [2.45, 2.75) is 6.54 Å². The SMILES string of the molecule is C=CC(=O)OCCn1ccnc1. The van der Waals surface area contributed by atoms with Crippen LogP contribution in [0.1, 0.15) is 0 Å². The van der Waals surface area contributed by atoms with E-state index in [9.17, 15) is 4.79 Å². The molecule has 4 nitrogen and oxygen atoms in total. The lowest BCUT2D eigenvalue weighted by Gasteiger charge is -2.01. The molecule has 0 bridgehead atoms. The largest absolute Gasteiger partial charge is 0.461 e. The van der Waals surface area contributed by atoms with E-state index < -0.39 is 5.97 Å². The highest BCUT2D eigenvalue weighted by molar-refractivity contribution is 5.81. The van der Waals surface area contributed by atoms with Crippen LogP contribution in [0, 0.1) is 0 Å². The molecule has 0 fully saturated rings. The number of hydrogen-bond donors (Lipinski definition) is 0. The van der Waals surface area contributed by atoms with E-state index in [-0.39, 0.29) is 0 Å². The van der Waals surface area contributed by atoms with Gasteiger partial charge in [0.2, 0.25) is 0 Å². The molecule has 0 saturated heterocycles. The minimum Gasteiger partial charge on any atom is -0.461 e. The summed E-state index contributed by atoms with van der Waals surface area (Å²) in [5.41, 5.74) is 0. The highest BCUT2D eigenvalue weighted by atomic mass is 16.5. The van der Waals surface area contributed by atoms with Crippen LogP contribution in [0.3, 0.4) is 0 Å². The molecule has 0 aliphatic carbocycles. The molecule has 0 spiro atoms. The van der Waals surface area contributed by atoms with Crippen LogP contribution in [0.5, 0.6) is 0 Å². The van der Waals surface area contributed by atoms with Crippen molar-refractivity contribution in [1.29, 1.82) is 0 Å². The van der Waals surface area contributed by atoms with E-state index in [4.69, 9.17) is 4.74 Å². The summed E-state index contributed by atoms with van der Waals surface area (Å²) >= 11 is 0. The molecule has 1 rings (SSSR count). The lowest BCUT2D eigenvalue weighted by Crippen LogP contribution is -2.07. The van der Waals surface area contributed by atoms with Gasteiger partial charge in [-0.25, -0.2) is 9.78 Å². The van der Waals surface area contributed by atoms with Gasteiger partial charge in [-0.3, -0.25) is 0 Å². The van der Waals surface area contributed by atoms with Crippen LogP contribution in [-0.2, 0) is 16.1 Å². The van der Waals surface area contributed by atoms with E-state index >= 15 is 0 Å². The van der Waals surface area contributed by atoms with Gasteiger partial charge < -0.3 is 9.30 Å². The van der Waals surface area contributed by atoms with Gasteiger partial charge in [0, 0.05) is 18.5 Å². The van der Waals surface area contributed by atoms with Gasteiger partial charge in [0.25, 0.3) is 0 Å². The second-order valence-electron chi connectivity index (χ2n) is 2.17. The fraction of sp³-hybridized carbons (Fsp3) is 0.250. The predicted octanol–water partition coefficient (Wildman–Crippen LogP) is 0.612. The Labute approximate surface area is 70.5 Å². The normalized spacial score (nSPS) is 9.33. The molecule has 0 amide bonds. The highest BCUT2D eigenvalue weighted by Gasteiger charge is 1.94. The van der Waals surface area contributed by atoms with Crippen molar-refractivity contribution in [2.75, 3.05) is 6.61 Å². The number of carbonyl (C=O) groups is 1. The summed E-state index contributed by atoms with van der Waals surface area (Å²) in [5.74, 6) is -0.393. The summed E-state index contributed by atoms with van der Waals surface area (Å²) in [6.07, 6.45) is 6.30. The standard InChI is InChI=1S/C8H10N2O2/c1-2-8(11)12-6-5-10-4-3-9-7-10/h2-4,7H,1,5-6H2. The zero-order valence-electron chi connectivity index (χ0n) is 6.64. The van der Waals surface area contributed by atoms with E-state index in [0.717, 1.165) is 6.08 Å². The van der Waals surface area contributed by atoms with Gasteiger partial charge in [-0.2, -0.15) is 0 Å². The number of hydrogen-bond acceptors (Lipinski definition) is 3. The van der Waals surface area contributed by atoms with Crippen LogP contribution in [0.15, 0.2) is 31.4 Å². The molecule has 0 aromatic carbocycles. The number of imidazole rings is 1. The van der Waals surface area contributed by atoms with Crippen LogP contribution < -0.4 is 0 Å². The maximum atomic E-state index is 10.6. The molecule has 1 aromatic heterocycles. The summed E-state index contributed by atoms with van der Waals surface area (Å²) in [6.45, 7) is 4.26. The average molecular weight is 166 g/mol. The lowest BCUT2D eigenvalue weighted by atomic mass is 10.6. The van der Waals surface area contributed by atoms with Crippen molar-refractivity contribution in [3.05, 3.63) is 31.4 Å². The third-order valence-electron chi connectivity index (χ3n) is 1.32. The van der Waals surface area contributed by atoms with Crippen molar-refractivity contribution in [3.8, 4) is 0 Å². The Kier molecular flexibility index (Phi) is 3.07. The predicted molar refractivity (Wildman–Crippen MR) is 43.4 cm³/mol. The Balaban J connectivity index is 2.19. The summed E-state index contributed by atoms with van der Waals surface area (Å²) in [6, 6.07) is 0. The second kappa shape index (κ2) is 4.33. The Morgan fingerprint density at radius 2 is 2.58 bits per heavy atom. The Morgan fingerprint density at radius 1 is 1.75 bits per heavy atom. The van der Waals surface area contributed by atoms with E-state index in [1.54, 1.807) is 12.5 Å². The third-order valence-corrected chi connectivity index (χ3v) is 1.32. The monoisotopic (exact) mass is 166 g/mol. The number of aromatic nitrogens is 2. The number of esters is 1. The van der Waals surface area contributed by atoms with Gasteiger partial charge >= 0.3 is 5.97 Å². The summed E-state index contributed by atoms with van der Waals surface area (Å²) in [5, 5.41) is 0. The maximum absolute atomic E-state index is 10.6. The summed E-state index contributed by atoms with van der Waals surface area (Å²) in [7, 11) is 0. The first-order valence-electron chi connectivity index (χ1n) is 3.58. The Morgan fingerprint density at radius 3 is 3.17 bits per heavy atom. The first-order valence-corrected chi connectivity index (χ1v) is 3.58. The Bertz CT molecular complexity index is 254. The number of carbonyl (C=O) groups excluding carboxylic acids is 1. The molecule has 0 aliphatic rings. The molecule has 4 heteroatoms. The molecule has 64 valence electrons. The maximum Gasteiger partial charge on any atom is 0.330 e. The fourth-order valence-electron chi connectivity index (χ4n) is 0.730. The zero-order valence-corrected chi connectivity index (χ0v) is 6.64. The summed E-state index contributed by atoms with van der Waals surface area (Å²) < 4.78 is 6.59. The van der Waals surface area contributed by atoms with Gasteiger partial charge in [0.05, 0.1) is 12.9 Å². The van der Waals surface area contributed by atoms with Crippen molar-refractivity contribution in [2.24, 2.45) is 0 Å². The first kappa shape index (κ1) is 8.52. The van der Waals surface area contributed by atoms with E-state index in [1.165, 1.54) is 0 Å². The fourth-order valence-corrected chi connectivity index (χ4v) is 0.730. The molecule has 12 heavy (non-hydrogen) atoms. The highest BCUT2D eigenvalue weighted by Crippen LogP contribution is 1.87. The van der Waals surface area contributed by atoms with Gasteiger partial charge in [0.1, 0.15) is 6.61 Å². The second-order valence-corrected chi connectivity index (χ2v) is 2.17. The van der Waals surface area contributed by atoms with Crippen LogP contribution in [0.4, 0.5) is 0 Å². The van der Waals surface area contributed by atoms with E-state index in [1.807, 2.05) is 10.8 Å². The molecule has 1 aromatic rings. The molecule has 0 aliphatic heterocycles. The van der Waals surface area contributed by atoms with E-state index in [0.29, 0.717) is 13.2 Å². The van der Waals surface area contributed by atoms with Crippen LogP contribution in [0.2, 0.25) is 0 Å². The van der Waals surface area contributed by atoms with Crippen LogP contribution in [-0.4, -0.2) is 22.1 Å². The topological polar surface area (TPSA) is 44.1 Å². The molecule has 1 heterocycles. The molecule has 0 saturated carbocycles. The van der Waals surface area contributed by atoms with Gasteiger partial charge in [-0.1, -0.05) is 6.58 Å². The molecule has 0 unspecified atom stereocenters. The third kappa shape index (κ3) is 2.57. The average Bonchev–Trinajstić information content (AvgIpc) is 2.57. The summed E-state index contributed by atoms with van der Waals surface area (Å²) in [4.78, 5) is 14.4. The van der Waals surface area contributed by atoms with Crippen molar-refractivity contribution in [1.82, 2.24) is 9.55 Å². The minimum atomic E-state index is -0.393. The smallest absolute Gasteiger partial charge is 0.330 e. The van der Waals surface area contributed by atoms with Crippen molar-refractivity contribution < 1.29 is 9.53 Å². The molecule has 0 atom stereocenters. The molecule has 0 radical (unpaired) electrons. The quantitative estimate of drug-likeness (QED) is 0.486. The van der Waals surface area contributed by atoms with Crippen molar-refractivity contribution >= 4 is 5.97 Å². The van der Waals surface area contributed by atoms with Crippen LogP contribution >= 0.6 is 0 Å². The Hall–Kier alpha value is -1.58. The molecular weight excluding hydrogens is 156 g/mol. The van der Waals surface area contributed by atoms with Gasteiger partial charge in [-0.15, -0.1) is 0 Å².